The van der Waals surface area contributed by atoms with E-state index in [1.54, 1.807) is 32.1 Å². The molecule has 0 spiro atoms. The predicted molar refractivity (Wildman–Crippen MR) is 152 cm³/mol. The van der Waals surface area contributed by atoms with Crippen molar-refractivity contribution in [1.82, 2.24) is 4.90 Å². The Kier molecular flexibility index (Phi) is 7.01. The van der Waals surface area contributed by atoms with E-state index in [9.17, 15) is 50.6 Å². The molecule has 15 heteroatoms. The van der Waals surface area contributed by atoms with Crippen LogP contribution in [0.1, 0.15) is 46.6 Å². The number of likely N-dealkylation sites (tertiary alicyclic amines) is 1. The van der Waals surface area contributed by atoms with Gasteiger partial charge in [0.1, 0.15) is 5.75 Å². The Balaban J connectivity index is 1.51. The Hall–Kier alpha value is -3.58. The molecule has 2 aromatic rings. The van der Waals surface area contributed by atoms with Crippen molar-refractivity contribution in [2.45, 2.75) is 54.7 Å². The normalized spacial score (nSPS) is 31.2. The summed E-state index contributed by atoms with van der Waals surface area (Å²) < 4.78 is 81.9. The zero-order chi connectivity index (χ0) is 34.0. The number of phenols is 1. The van der Waals surface area contributed by atoms with Gasteiger partial charge in [-0.3, -0.25) is 24.1 Å². The minimum Gasteiger partial charge on any atom is -0.507 e. The fourth-order valence-corrected chi connectivity index (χ4v) is 8.62. The topological polar surface area (TPSA) is 95.0 Å². The molecule has 2 aliphatic heterocycles. The molecule has 46 heavy (non-hydrogen) atoms. The van der Waals surface area contributed by atoms with Gasteiger partial charge < -0.3 is 5.11 Å². The summed E-state index contributed by atoms with van der Waals surface area (Å²) in [5.41, 5.74) is -2.75. The summed E-state index contributed by atoms with van der Waals surface area (Å²) >= 11 is 14.2. The maximum atomic E-state index is 14.1. The van der Waals surface area contributed by atoms with Crippen molar-refractivity contribution in [3.8, 4) is 5.75 Å². The molecule has 2 aliphatic carbocycles. The molecule has 244 valence electrons. The Bertz CT molecular complexity index is 1740. The van der Waals surface area contributed by atoms with Crippen molar-refractivity contribution in [2.24, 2.45) is 17.8 Å². The zero-order valence-electron chi connectivity index (χ0n) is 24.2. The number of amides is 4. The maximum absolute atomic E-state index is 14.1. The third-order valence-electron chi connectivity index (χ3n) is 9.69. The average Bonchev–Trinajstić information content (AvgIpc) is 3.29. The number of benzene rings is 2. The number of carbonyl (C=O) groups excluding carboxylic acids is 4. The molecule has 6 atom stereocenters. The second-order valence-electron chi connectivity index (χ2n) is 12.3. The van der Waals surface area contributed by atoms with E-state index in [0.29, 0.717) is 39.3 Å². The molecule has 1 saturated carbocycles. The van der Waals surface area contributed by atoms with Gasteiger partial charge in [0.05, 0.1) is 28.7 Å². The van der Waals surface area contributed by atoms with E-state index in [1.165, 1.54) is 7.05 Å². The summed E-state index contributed by atoms with van der Waals surface area (Å²) in [6.07, 6.45) is -9.45. The first-order chi connectivity index (χ1) is 21.1. The van der Waals surface area contributed by atoms with E-state index in [4.69, 9.17) is 23.2 Å². The number of hydrogen-bond acceptors (Lipinski definition) is 5. The fourth-order valence-electron chi connectivity index (χ4n) is 7.60. The third-order valence-corrected chi connectivity index (χ3v) is 11.1. The lowest BCUT2D eigenvalue weighted by molar-refractivity contribution is -0.143. The number of alkyl halides is 8. The van der Waals surface area contributed by atoms with Crippen LogP contribution in [-0.2, 0) is 31.5 Å². The second kappa shape index (κ2) is 9.96. The van der Waals surface area contributed by atoms with Gasteiger partial charge in [0, 0.05) is 13.0 Å². The van der Waals surface area contributed by atoms with Crippen molar-refractivity contribution in [3.63, 3.8) is 0 Å². The minimum absolute atomic E-state index is 0.0352. The lowest BCUT2D eigenvalue weighted by Gasteiger charge is -2.51. The van der Waals surface area contributed by atoms with Crippen molar-refractivity contribution in [1.29, 1.82) is 0 Å². The molecule has 2 aromatic carbocycles. The molecule has 4 aliphatic rings. The van der Waals surface area contributed by atoms with Crippen molar-refractivity contribution >= 4 is 52.5 Å². The van der Waals surface area contributed by atoms with E-state index in [1.807, 2.05) is 0 Å². The number of nitrogens with zero attached hydrogens (tertiary/aromatic N) is 2. The van der Waals surface area contributed by atoms with E-state index >= 15 is 0 Å². The van der Waals surface area contributed by atoms with Gasteiger partial charge >= 0.3 is 12.4 Å². The summed E-state index contributed by atoms with van der Waals surface area (Å²) in [6.45, 7) is 3.20. The Morgan fingerprint density at radius 1 is 0.826 bits per heavy atom. The molecule has 7 nitrogen and oxygen atoms in total. The molecule has 0 bridgehead atoms. The van der Waals surface area contributed by atoms with Gasteiger partial charge in [-0.05, 0) is 67.5 Å². The zero-order valence-corrected chi connectivity index (χ0v) is 25.7. The molecule has 0 aromatic heterocycles. The summed E-state index contributed by atoms with van der Waals surface area (Å²) in [4.78, 5) is 51.8. The molecule has 4 amide bonds. The van der Waals surface area contributed by atoms with Gasteiger partial charge in [0.15, 0.2) is 9.75 Å². The number of aryl methyl sites for hydroxylation is 2. The number of rotatable bonds is 2. The SMILES string of the molecule is Cc1cc([C@H]2C3=CC[C@@H]4C(=O)N(c5cc(C(F)(F)F)cc(C(F)(F)F)c5)C(=O)[C@@H]4[C@@H]3C[C@@]3(Cl)C(=O)N(C)C(=O)[C@@]23Cl)cc(C)c1O. The number of fused-ring (bicyclic) bond motifs is 4. The number of allylic oxidation sites excluding steroid dienone is 2. The lowest BCUT2D eigenvalue weighted by Crippen LogP contribution is -2.60. The molecule has 6 rings (SSSR count). The highest BCUT2D eigenvalue weighted by atomic mass is 35.5. The molecule has 0 unspecified atom stereocenters. The number of anilines is 1. The number of imide groups is 2. The van der Waals surface area contributed by atoms with Crippen LogP contribution in [0.2, 0.25) is 0 Å². The first-order valence-corrected chi connectivity index (χ1v) is 14.8. The van der Waals surface area contributed by atoms with E-state index in [-0.39, 0.29) is 18.2 Å². The van der Waals surface area contributed by atoms with Crippen LogP contribution in [0.25, 0.3) is 0 Å². The molecule has 3 fully saturated rings. The number of aromatic hydroxyl groups is 1. The standard InChI is InChI=1S/C31H24Cl2F6N2O5/c1-12-6-14(7-13(2)23(12)42)22-18-4-5-19-21(20(18)11-28(32)26(45)40(3)27(46)29(22,28)33)25(44)41(24(19)43)17-9-15(30(34,35)36)8-16(10-17)31(37,38)39/h4,6-10,19-22,42H,5,11H2,1-3H3/t19-,20+,21-,22-,28+,29-/m0/s1. The number of carbonyl (C=O) groups is 4. The van der Waals surface area contributed by atoms with Gasteiger partial charge in [-0.1, -0.05) is 23.8 Å². The maximum Gasteiger partial charge on any atom is 0.416 e. The molecular weight excluding hydrogens is 665 g/mol. The largest absolute Gasteiger partial charge is 0.507 e. The summed E-state index contributed by atoms with van der Waals surface area (Å²) in [7, 11) is 1.19. The van der Waals surface area contributed by atoms with Gasteiger partial charge in [0.2, 0.25) is 11.8 Å². The highest BCUT2D eigenvalue weighted by molar-refractivity contribution is 6.53. The molecule has 2 saturated heterocycles. The second-order valence-corrected chi connectivity index (χ2v) is 13.5. The third kappa shape index (κ3) is 4.26. The van der Waals surface area contributed by atoms with Crippen LogP contribution in [0.15, 0.2) is 42.0 Å². The smallest absolute Gasteiger partial charge is 0.416 e. The average molecular weight is 689 g/mol. The fraction of sp³-hybridized carbons (Fsp3) is 0.419. The molecule has 1 N–H and O–H groups in total. The number of hydrogen-bond donors (Lipinski definition) is 1. The van der Waals surface area contributed by atoms with Crippen LogP contribution in [0, 0.1) is 31.6 Å². The summed E-state index contributed by atoms with van der Waals surface area (Å²) in [6, 6.07) is 3.61. The summed E-state index contributed by atoms with van der Waals surface area (Å²) in [5.74, 6) is -8.56. The van der Waals surface area contributed by atoms with Crippen LogP contribution in [-0.4, -0.2) is 50.4 Å². The van der Waals surface area contributed by atoms with Gasteiger partial charge in [0.25, 0.3) is 11.8 Å². The summed E-state index contributed by atoms with van der Waals surface area (Å²) in [5, 5.41) is 10.4. The lowest BCUT2D eigenvalue weighted by atomic mass is 9.56. The minimum atomic E-state index is -5.23. The Morgan fingerprint density at radius 3 is 1.89 bits per heavy atom. The van der Waals surface area contributed by atoms with E-state index in [2.05, 4.69) is 0 Å². The van der Waals surface area contributed by atoms with Gasteiger partial charge in [-0.15, -0.1) is 23.2 Å². The highest BCUT2D eigenvalue weighted by Crippen LogP contribution is 2.65. The quantitative estimate of drug-likeness (QED) is 0.175. The van der Waals surface area contributed by atoms with Crippen LogP contribution in [0.4, 0.5) is 32.0 Å². The van der Waals surface area contributed by atoms with Crippen LogP contribution < -0.4 is 4.90 Å². The van der Waals surface area contributed by atoms with Crippen molar-refractivity contribution in [3.05, 3.63) is 69.8 Å². The Labute approximate surface area is 267 Å². The van der Waals surface area contributed by atoms with Gasteiger partial charge in [-0.25, -0.2) is 4.90 Å². The predicted octanol–water partition coefficient (Wildman–Crippen LogP) is 6.24. The highest BCUT2D eigenvalue weighted by Gasteiger charge is 2.76. The van der Waals surface area contributed by atoms with E-state index < -0.39 is 92.6 Å². The van der Waals surface area contributed by atoms with Gasteiger partial charge in [-0.2, -0.15) is 26.3 Å². The number of halogens is 8. The van der Waals surface area contributed by atoms with Crippen LogP contribution in [0.3, 0.4) is 0 Å². The van der Waals surface area contributed by atoms with Crippen molar-refractivity contribution < 1.29 is 50.6 Å². The first kappa shape index (κ1) is 32.4. The first-order valence-electron chi connectivity index (χ1n) is 14.0. The van der Waals surface area contributed by atoms with Crippen LogP contribution in [0.5, 0.6) is 5.75 Å². The van der Waals surface area contributed by atoms with Crippen LogP contribution >= 0.6 is 23.2 Å². The van der Waals surface area contributed by atoms with Crippen molar-refractivity contribution in [2.75, 3.05) is 11.9 Å². The molecular formula is C31H24Cl2F6N2O5. The molecule has 0 radical (unpaired) electrons. The Morgan fingerprint density at radius 2 is 1.37 bits per heavy atom. The van der Waals surface area contributed by atoms with E-state index in [0.717, 1.165) is 4.90 Å². The molecule has 2 heterocycles. The number of phenolic OH excluding ortho intramolecular Hbond substituents is 1. The monoisotopic (exact) mass is 688 g/mol.